The summed E-state index contributed by atoms with van der Waals surface area (Å²) >= 11 is 3.50. The molecular weight excluding hydrogens is 304 g/mol. The smallest absolute Gasteiger partial charge is 0.196 e. The van der Waals surface area contributed by atoms with Crippen LogP contribution in [0.1, 0.15) is 24.8 Å². The highest BCUT2D eigenvalue weighted by Gasteiger charge is 2.07. The lowest BCUT2D eigenvalue weighted by Gasteiger charge is -2.01. The van der Waals surface area contributed by atoms with Gasteiger partial charge in [0, 0.05) is 23.0 Å². The van der Waals surface area contributed by atoms with E-state index in [1.54, 1.807) is 6.20 Å². The number of benzene rings is 1. The van der Waals surface area contributed by atoms with Crippen LogP contribution in [-0.2, 0) is 6.42 Å². The molecule has 0 atom stereocenters. The lowest BCUT2D eigenvalue weighted by atomic mass is 10.1. The summed E-state index contributed by atoms with van der Waals surface area (Å²) in [6, 6.07) is 6.23. The van der Waals surface area contributed by atoms with Crippen molar-refractivity contribution in [3.05, 3.63) is 40.3 Å². The summed E-state index contributed by atoms with van der Waals surface area (Å²) in [4.78, 5) is 4.33. The summed E-state index contributed by atoms with van der Waals surface area (Å²) in [5.41, 5.74) is 2.26. The van der Waals surface area contributed by atoms with Crippen LogP contribution in [0.3, 0.4) is 0 Å². The van der Waals surface area contributed by atoms with Crippen LogP contribution in [0.5, 0.6) is 0 Å². The van der Waals surface area contributed by atoms with Gasteiger partial charge in [-0.15, -0.1) is 0 Å². The minimum Gasteiger partial charge on any atom is -0.441 e. The maximum absolute atomic E-state index is 5.79. The Bertz CT molecular complexity index is 516. The lowest BCUT2D eigenvalue weighted by Crippen LogP contribution is -2.17. The van der Waals surface area contributed by atoms with Crippen LogP contribution >= 0.6 is 15.9 Å². The van der Waals surface area contributed by atoms with E-state index in [0.29, 0.717) is 0 Å². The second-order valence-electron chi connectivity index (χ2n) is 4.64. The first-order valence-corrected chi connectivity index (χ1v) is 7.41. The summed E-state index contributed by atoms with van der Waals surface area (Å²) in [6.45, 7) is 6.18. The summed E-state index contributed by atoms with van der Waals surface area (Å²) in [7, 11) is 0. The third kappa shape index (κ3) is 4.18. The molecule has 1 heterocycles. The van der Waals surface area contributed by atoms with E-state index in [2.05, 4.69) is 52.2 Å². The van der Waals surface area contributed by atoms with Gasteiger partial charge in [-0.1, -0.05) is 22.9 Å². The molecule has 0 amide bonds. The fraction of sp³-hybridized carbons (Fsp3) is 0.400. The summed E-state index contributed by atoms with van der Waals surface area (Å²) < 4.78 is 6.85. The van der Waals surface area contributed by atoms with Crippen molar-refractivity contribution in [1.29, 1.82) is 0 Å². The standard InChI is InChI=1S/C15H19BrN2O/c1-3-5-17-6-4-15-18-10-14(19-15)12-7-11(2)8-13(16)9-12/h7-10,17H,3-6H2,1-2H3. The molecule has 0 spiro atoms. The first kappa shape index (κ1) is 14.3. The number of aryl methyl sites for hydroxylation is 1. The second-order valence-corrected chi connectivity index (χ2v) is 5.55. The molecule has 0 unspecified atom stereocenters. The van der Waals surface area contributed by atoms with Crippen molar-refractivity contribution < 1.29 is 4.42 Å². The van der Waals surface area contributed by atoms with E-state index in [1.165, 1.54) is 5.56 Å². The van der Waals surface area contributed by atoms with Gasteiger partial charge in [0.2, 0.25) is 0 Å². The number of nitrogens with one attached hydrogen (secondary N) is 1. The second kappa shape index (κ2) is 6.87. The van der Waals surface area contributed by atoms with Gasteiger partial charge in [0.05, 0.1) is 6.20 Å². The molecule has 0 bridgehead atoms. The van der Waals surface area contributed by atoms with Crippen molar-refractivity contribution in [2.24, 2.45) is 0 Å². The third-order valence-electron chi connectivity index (χ3n) is 2.82. The highest BCUT2D eigenvalue weighted by Crippen LogP contribution is 2.25. The maximum atomic E-state index is 5.79. The molecule has 3 nitrogen and oxygen atoms in total. The van der Waals surface area contributed by atoms with E-state index in [1.807, 2.05) is 6.07 Å². The van der Waals surface area contributed by atoms with Crippen LogP contribution in [-0.4, -0.2) is 18.1 Å². The summed E-state index contributed by atoms with van der Waals surface area (Å²) in [5.74, 6) is 1.62. The van der Waals surface area contributed by atoms with Crippen molar-refractivity contribution >= 4 is 15.9 Å². The molecule has 102 valence electrons. The van der Waals surface area contributed by atoms with E-state index < -0.39 is 0 Å². The summed E-state index contributed by atoms with van der Waals surface area (Å²) in [6.07, 6.45) is 3.78. The van der Waals surface area contributed by atoms with Gasteiger partial charge in [-0.05, 0) is 43.7 Å². The van der Waals surface area contributed by atoms with Crippen molar-refractivity contribution in [1.82, 2.24) is 10.3 Å². The van der Waals surface area contributed by atoms with Gasteiger partial charge in [0.25, 0.3) is 0 Å². The highest BCUT2D eigenvalue weighted by atomic mass is 79.9. The Labute approximate surface area is 122 Å². The van der Waals surface area contributed by atoms with Crippen LogP contribution in [0.25, 0.3) is 11.3 Å². The van der Waals surface area contributed by atoms with E-state index >= 15 is 0 Å². The average molecular weight is 323 g/mol. The van der Waals surface area contributed by atoms with E-state index in [4.69, 9.17) is 4.42 Å². The largest absolute Gasteiger partial charge is 0.441 e. The molecule has 19 heavy (non-hydrogen) atoms. The van der Waals surface area contributed by atoms with Crippen LogP contribution in [0.4, 0.5) is 0 Å². The van der Waals surface area contributed by atoms with Crippen molar-refractivity contribution in [2.45, 2.75) is 26.7 Å². The number of oxazole rings is 1. The fourth-order valence-electron chi connectivity index (χ4n) is 1.93. The zero-order valence-electron chi connectivity index (χ0n) is 11.4. The molecule has 2 rings (SSSR count). The number of hydrogen-bond donors (Lipinski definition) is 1. The summed E-state index contributed by atoms with van der Waals surface area (Å²) in [5, 5.41) is 3.34. The van der Waals surface area contributed by atoms with Crippen molar-refractivity contribution in [3.8, 4) is 11.3 Å². The molecule has 0 aliphatic heterocycles. The highest BCUT2D eigenvalue weighted by molar-refractivity contribution is 9.10. The normalized spacial score (nSPS) is 10.9. The Hall–Kier alpha value is -1.13. The number of nitrogens with zero attached hydrogens (tertiary/aromatic N) is 1. The molecule has 1 aromatic carbocycles. The van der Waals surface area contributed by atoms with Gasteiger partial charge < -0.3 is 9.73 Å². The van der Waals surface area contributed by atoms with Crippen molar-refractivity contribution in [3.63, 3.8) is 0 Å². The average Bonchev–Trinajstić information content (AvgIpc) is 2.82. The molecule has 1 aromatic heterocycles. The van der Waals surface area contributed by atoms with Gasteiger partial charge in [0.15, 0.2) is 11.7 Å². The van der Waals surface area contributed by atoms with Gasteiger partial charge in [0.1, 0.15) is 0 Å². The minimum atomic E-state index is 0.788. The molecule has 0 saturated heterocycles. The Morgan fingerprint density at radius 2 is 2.11 bits per heavy atom. The number of aromatic nitrogens is 1. The Morgan fingerprint density at radius 1 is 1.26 bits per heavy atom. The quantitative estimate of drug-likeness (QED) is 0.818. The van der Waals surface area contributed by atoms with Crippen LogP contribution in [0.15, 0.2) is 33.3 Å². The molecule has 0 aliphatic rings. The van der Waals surface area contributed by atoms with E-state index in [0.717, 1.165) is 47.6 Å². The van der Waals surface area contributed by atoms with Crippen LogP contribution < -0.4 is 5.32 Å². The molecule has 0 aliphatic carbocycles. The van der Waals surface area contributed by atoms with Gasteiger partial charge in [-0.25, -0.2) is 4.98 Å². The van der Waals surface area contributed by atoms with E-state index in [-0.39, 0.29) is 0 Å². The monoisotopic (exact) mass is 322 g/mol. The predicted molar refractivity (Wildman–Crippen MR) is 81.2 cm³/mol. The molecule has 2 aromatic rings. The van der Waals surface area contributed by atoms with Gasteiger partial charge in [-0.2, -0.15) is 0 Å². The molecular formula is C15H19BrN2O. The van der Waals surface area contributed by atoms with Crippen molar-refractivity contribution in [2.75, 3.05) is 13.1 Å². The number of hydrogen-bond acceptors (Lipinski definition) is 3. The van der Waals surface area contributed by atoms with E-state index in [9.17, 15) is 0 Å². The van der Waals surface area contributed by atoms with Gasteiger partial charge in [-0.3, -0.25) is 0 Å². The molecule has 4 heteroatoms. The zero-order valence-corrected chi connectivity index (χ0v) is 13.0. The lowest BCUT2D eigenvalue weighted by molar-refractivity contribution is 0.495. The predicted octanol–water partition coefficient (Wildman–Crippen LogP) is 3.95. The molecule has 0 saturated carbocycles. The Kier molecular flexibility index (Phi) is 5.16. The maximum Gasteiger partial charge on any atom is 0.196 e. The van der Waals surface area contributed by atoms with Gasteiger partial charge >= 0.3 is 0 Å². The first-order chi connectivity index (χ1) is 9.19. The topological polar surface area (TPSA) is 38.1 Å². The number of rotatable bonds is 6. The minimum absolute atomic E-state index is 0.788. The molecule has 1 N–H and O–H groups in total. The number of halogens is 1. The first-order valence-electron chi connectivity index (χ1n) is 6.62. The molecule has 0 radical (unpaired) electrons. The van der Waals surface area contributed by atoms with Crippen LogP contribution in [0.2, 0.25) is 0 Å². The SMILES string of the molecule is CCCNCCc1ncc(-c2cc(C)cc(Br)c2)o1. The molecule has 0 fully saturated rings. The fourth-order valence-corrected chi connectivity index (χ4v) is 2.54. The third-order valence-corrected chi connectivity index (χ3v) is 3.28. The zero-order chi connectivity index (χ0) is 13.7. The Balaban J connectivity index is 2.03. The van der Waals surface area contributed by atoms with Crippen LogP contribution in [0, 0.1) is 6.92 Å². The Morgan fingerprint density at radius 3 is 2.84 bits per heavy atom.